The van der Waals surface area contributed by atoms with Gasteiger partial charge in [0, 0.05) is 0 Å². The van der Waals surface area contributed by atoms with Crippen LogP contribution < -0.4 is 0 Å². The third kappa shape index (κ3) is 4.70. The molecule has 1 aromatic rings. The third-order valence-corrected chi connectivity index (χ3v) is 3.50. The Labute approximate surface area is 105 Å². The number of hydrogen-bond donors (Lipinski definition) is 0. The van der Waals surface area contributed by atoms with Gasteiger partial charge < -0.3 is 0 Å². The lowest BCUT2D eigenvalue weighted by Crippen LogP contribution is -2.17. The Morgan fingerprint density at radius 1 is 1.25 bits per heavy atom. The fourth-order valence-corrected chi connectivity index (χ4v) is 2.01. The van der Waals surface area contributed by atoms with Crippen LogP contribution in [0.4, 0.5) is 0 Å². The molecule has 1 aromatic carbocycles. The van der Waals surface area contributed by atoms with E-state index in [9.17, 15) is 8.42 Å². The molecule has 2 unspecified atom stereocenters. The smallest absolute Gasteiger partial charge is 0.264 e. The number of rotatable bonds is 5. The molecule has 0 aliphatic heterocycles. The van der Waals surface area contributed by atoms with Crippen molar-refractivity contribution >= 4 is 33.3 Å². The molecule has 0 N–H and O–H groups in total. The molecule has 0 aliphatic rings. The van der Waals surface area contributed by atoms with E-state index in [0.717, 1.165) is 11.8 Å². The average molecular weight is 283 g/mol. The van der Waals surface area contributed by atoms with E-state index >= 15 is 0 Å². The summed E-state index contributed by atoms with van der Waals surface area (Å²) in [5.41, 5.74) is 0.835. The van der Waals surface area contributed by atoms with Gasteiger partial charge in [-0.1, -0.05) is 30.3 Å². The van der Waals surface area contributed by atoms with Gasteiger partial charge in [0.25, 0.3) is 10.1 Å². The average Bonchev–Trinajstić information content (AvgIpc) is 2.25. The van der Waals surface area contributed by atoms with Crippen molar-refractivity contribution in [2.75, 3.05) is 12.9 Å². The van der Waals surface area contributed by atoms with Gasteiger partial charge in [-0.2, -0.15) is 8.42 Å². The topological polar surface area (TPSA) is 43.4 Å². The highest BCUT2D eigenvalue weighted by atomic mass is 35.5. The lowest BCUT2D eigenvalue weighted by molar-refractivity contribution is 0.317. The normalized spacial score (nSPS) is 15.7. The van der Waals surface area contributed by atoms with Gasteiger partial charge in [0.2, 0.25) is 0 Å². The summed E-state index contributed by atoms with van der Waals surface area (Å²) in [6.45, 7) is -0.135. The quantitative estimate of drug-likeness (QED) is 0.616. The minimum absolute atomic E-state index is 0.135. The molecule has 0 spiro atoms. The Balaban J connectivity index is 2.58. The Morgan fingerprint density at radius 3 is 2.31 bits per heavy atom. The Morgan fingerprint density at radius 2 is 1.81 bits per heavy atom. The second kappa shape index (κ2) is 5.87. The number of benzene rings is 1. The highest BCUT2D eigenvalue weighted by Crippen LogP contribution is 2.28. The Kier molecular flexibility index (Phi) is 5.05. The highest BCUT2D eigenvalue weighted by Gasteiger charge is 2.20. The molecule has 0 aliphatic carbocycles. The predicted octanol–water partition coefficient (Wildman–Crippen LogP) is 2.55. The molecular weight excluding hydrogens is 271 g/mol. The van der Waals surface area contributed by atoms with Crippen LogP contribution in [0.1, 0.15) is 10.9 Å². The van der Waals surface area contributed by atoms with E-state index in [0.29, 0.717) is 0 Å². The zero-order valence-corrected chi connectivity index (χ0v) is 11.0. The minimum atomic E-state index is -3.48. The zero-order chi connectivity index (χ0) is 12.2. The summed E-state index contributed by atoms with van der Waals surface area (Å²) < 4.78 is 26.1. The maximum Gasteiger partial charge on any atom is 0.264 e. The van der Waals surface area contributed by atoms with Crippen LogP contribution in [-0.4, -0.2) is 26.7 Å². The standard InChI is InChI=1S/C10H12Cl2O3S/c1-16(13,14)15-7-9(11)10(12)8-5-3-2-4-6-8/h2-6,9-10H,7H2,1H3. The van der Waals surface area contributed by atoms with E-state index in [1.165, 1.54) is 0 Å². The lowest BCUT2D eigenvalue weighted by Gasteiger charge is -2.15. The van der Waals surface area contributed by atoms with Crippen LogP contribution in [0.3, 0.4) is 0 Å². The SMILES string of the molecule is CS(=O)(=O)OCC(Cl)C(Cl)c1ccccc1. The first-order valence-corrected chi connectivity index (χ1v) is 7.26. The molecule has 0 bridgehead atoms. The van der Waals surface area contributed by atoms with Crippen LogP contribution in [0.25, 0.3) is 0 Å². The summed E-state index contributed by atoms with van der Waals surface area (Å²) in [6.07, 6.45) is 0.975. The van der Waals surface area contributed by atoms with E-state index in [-0.39, 0.29) is 6.61 Å². The second-order valence-electron chi connectivity index (χ2n) is 3.32. The molecule has 0 heterocycles. The minimum Gasteiger partial charge on any atom is -0.269 e. The van der Waals surface area contributed by atoms with Gasteiger partial charge in [0.1, 0.15) is 0 Å². The van der Waals surface area contributed by atoms with E-state index in [1.807, 2.05) is 30.3 Å². The van der Waals surface area contributed by atoms with Gasteiger partial charge in [0.15, 0.2) is 0 Å². The van der Waals surface area contributed by atoms with Crippen molar-refractivity contribution in [1.82, 2.24) is 0 Å². The molecule has 90 valence electrons. The zero-order valence-electron chi connectivity index (χ0n) is 8.64. The molecule has 16 heavy (non-hydrogen) atoms. The predicted molar refractivity (Wildman–Crippen MR) is 65.5 cm³/mol. The monoisotopic (exact) mass is 282 g/mol. The summed E-state index contributed by atoms with van der Waals surface area (Å²) in [6, 6.07) is 9.20. The first-order valence-electron chi connectivity index (χ1n) is 4.57. The maximum atomic E-state index is 10.8. The molecule has 1 rings (SSSR count). The Hall–Kier alpha value is -0.290. The van der Waals surface area contributed by atoms with E-state index in [4.69, 9.17) is 23.2 Å². The fraction of sp³-hybridized carbons (Fsp3) is 0.400. The second-order valence-corrected chi connectivity index (χ2v) is 5.99. The molecule has 0 saturated heterocycles. The largest absolute Gasteiger partial charge is 0.269 e. The molecular formula is C10H12Cl2O3S. The third-order valence-electron chi connectivity index (χ3n) is 1.88. The number of halogens is 2. The first-order chi connectivity index (χ1) is 7.40. The van der Waals surface area contributed by atoms with Gasteiger partial charge in [0.05, 0.1) is 23.6 Å². The first kappa shape index (κ1) is 13.8. The van der Waals surface area contributed by atoms with E-state index < -0.39 is 20.9 Å². The van der Waals surface area contributed by atoms with Gasteiger partial charge in [-0.15, -0.1) is 23.2 Å². The summed E-state index contributed by atoms with van der Waals surface area (Å²) in [5, 5.41) is -1.08. The molecule has 0 amide bonds. The Bertz CT molecular complexity index is 419. The molecule has 0 aromatic heterocycles. The summed E-state index contributed by atoms with van der Waals surface area (Å²) in [4.78, 5) is 0. The van der Waals surface area contributed by atoms with Crippen molar-refractivity contribution in [3.8, 4) is 0 Å². The van der Waals surface area contributed by atoms with Crippen LogP contribution in [0.2, 0.25) is 0 Å². The van der Waals surface area contributed by atoms with Gasteiger partial charge in [-0.25, -0.2) is 0 Å². The van der Waals surface area contributed by atoms with Gasteiger partial charge >= 0.3 is 0 Å². The molecule has 3 nitrogen and oxygen atoms in total. The number of alkyl halides is 2. The number of hydrogen-bond acceptors (Lipinski definition) is 3. The van der Waals surface area contributed by atoms with Gasteiger partial charge in [-0.05, 0) is 5.56 Å². The summed E-state index contributed by atoms with van der Waals surface area (Å²) in [5.74, 6) is 0. The fourth-order valence-electron chi connectivity index (χ4n) is 1.12. The van der Waals surface area contributed by atoms with Crippen molar-refractivity contribution in [1.29, 1.82) is 0 Å². The van der Waals surface area contributed by atoms with Crippen molar-refractivity contribution in [2.24, 2.45) is 0 Å². The molecule has 0 fully saturated rings. The summed E-state index contributed by atoms with van der Waals surface area (Å²) in [7, 11) is -3.48. The molecule has 6 heteroatoms. The van der Waals surface area contributed by atoms with Crippen LogP contribution in [0, 0.1) is 0 Å². The van der Waals surface area contributed by atoms with E-state index in [2.05, 4.69) is 4.18 Å². The van der Waals surface area contributed by atoms with Gasteiger partial charge in [-0.3, -0.25) is 4.18 Å². The summed E-state index contributed by atoms with van der Waals surface area (Å²) >= 11 is 12.0. The van der Waals surface area contributed by atoms with Crippen LogP contribution in [0.15, 0.2) is 30.3 Å². The van der Waals surface area contributed by atoms with Crippen molar-refractivity contribution < 1.29 is 12.6 Å². The van der Waals surface area contributed by atoms with Crippen molar-refractivity contribution in [3.63, 3.8) is 0 Å². The lowest BCUT2D eigenvalue weighted by atomic mass is 10.1. The highest BCUT2D eigenvalue weighted by molar-refractivity contribution is 7.85. The maximum absolute atomic E-state index is 10.8. The van der Waals surface area contributed by atoms with Crippen molar-refractivity contribution in [3.05, 3.63) is 35.9 Å². The molecule has 0 saturated carbocycles. The van der Waals surface area contributed by atoms with Crippen LogP contribution >= 0.6 is 23.2 Å². The molecule has 2 atom stereocenters. The van der Waals surface area contributed by atoms with E-state index in [1.54, 1.807) is 0 Å². The van der Waals surface area contributed by atoms with Crippen LogP contribution in [-0.2, 0) is 14.3 Å². The molecule has 0 radical (unpaired) electrons. The van der Waals surface area contributed by atoms with Crippen LogP contribution in [0.5, 0.6) is 0 Å². The van der Waals surface area contributed by atoms with Crippen molar-refractivity contribution in [2.45, 2.75) is 10.8 Å².